The smallest absolute Gasteiger partial charge is 0.355 e. The lowest BCUT2D eigenvalue weighted by atomic mass is 10.2. The van der Waals surface area contributed by atoms with E-state index in [0.717, 1.165) is 15.6 Å². The van der Waals surface area contributed by atoms with Gasteiger partial charge in [-0.15, -0.1) is 0 Å². The predicted molar refractivity (Wildman–Crippen MR) is 98.7 cm³/mol. The number of halogens is 1. The molecule has 0 atom stereocenters. The minimum atomic E-state index is -0.606. The lowest BCUT2D eigenvalue weighted by Gasteiger charge is -2.10. The number of hydrogen-bond donors (Lipinski definition) is 1. The second-order valence-electron chi connectivity index (χ2n) is 5.19. The molecule has 0 aliphatic rings. The molecular formula is C19H18BrNO4. The van der Waals surface area contributed by atoms with Crippen LogP contribution in [0.5, 0.6) is 5.75 Å². The summed E-state index contributed by atoms with van der Waals surface area (Å²) in [4.78, 5) is 23.7. The summed E-state index contributed by atoms with van der Waals surface area (Å²) in [5.41, 5.74) is 1.67. The van der Waals surface area contributed by atoms with E-state index in [2.05, 4.69) is 21.2 Å². The number of amides is 1. The second-order valence-corrected chi connectivity index (χ2v) is 6.05. The molecule has 2 aromatic carbocycles. The van der Waals surface area contributed by atoms with Crippen LogP contribution in [0.3, 0.4) is 0 Å². The summed E-state index contributed by atoms with van der Waals surface area (Å²) in [6.07, 6.45) is 1.58. The highest BCUT2D eigenvalue weighted by molar-refractivity contribution is 9.10. The van der Waals surface area contributed by atoms with Crippen molar-refractivity contribution < 1.29 is 19.1 Å². The molecule has 2 rings (SSSR count). The largest absolute Gasteiger partial charge is 0.496 e. The van der Waals surface area contributed by atoms with Gasteiger partial charge in [-0.2, -0.15) is 0 Å². The summed E-state index contributed by atoms with van der Waals surface area (Å²) in [5, 5.41) is 2.51. The monoisotopic (exact) mass is 403 g/mol. The van der Waals surface area contributed by atoms with Crippen LogP contribution in [0, 0.1) is 0 Å². The fraction of sp³-hybridized carbons (Fsp3) is 0.158. The molecule has 0 aliphatic heterocycles. The summed E-state index contributed by atoms with van der Waals surface area (Å²) in [6, 6.07) is 14.6. The fourth-order valence-corrected chi connectivity index (χ4v) is 2.67. The number of hydrogen-bond acceptors (Lipinski definition) is 4. The van der Waals surface area contributed by atoms with E-state index in [1.165, 1.54) is 6.92 Å². The molecule has 0 aliphatic carbocycles. The summed E-state index contributed by atoms with van der Waals surface area (Å²) in [6.45, 7) is 1.42. The third-order valence-corrected chi connectivity index (χ3v) is 3.85. The van der Waals surface area contributed by atoms with Crippen molar-refractivity contribution in [1.82, 2.24) is 5.32 Å². The van der Waals surface area contributed by atoms with Gasteiger partial charge in [-0.25, -0.2) is 4.79 Å². The number of rotatable bonds is 6. The Hall–Kier alpha value is -2.60. The van der Waals surface area contributed by atoms with E-state index >= 15 is 0 Å². The summed E-state index contributed by atoms with van der Waals surface area (Å²) in [5.74, 6) is -0.254. The van der Waals surface area contributed by atoms with Crippen LogP contribution in [0.1, 0.15) is 18.1 Å². The molecule has 0 unspecified atom stereocenters. The molecular weight excluding hydrogens is 386 g/mol. The molecule has 0 saturated heterocycles. The van der Waals surface area contributed by atoms with Crippen molar-refractivity contribution in [2.75, 3.05) is 7.11 Å². The number of carbonyl (C=O) groups is 2. The van der Waals surface area contributed by atoms with Gasteiger partial charge >= 0.3 is 5.97 Å². The van der Waals surface area contributed by atoms with Crippen LogP contribution in [0.2, 0.25) is 0 Å². The first-order valence-corrected chi connectivity index (χ1v) is 8.33. The minimum Gasteiger partial charge on any atom is -0.496 e. The van der Waals surface area contributed by atoms with Gasteiger partial charge in [-0.3, -0.25) is 4.79 Å². The first-order chi connectivity index (χ1) is 12.0. The zero-order chi connectivity index (χ0) is 18.2. The first-order valence-electron chi connectivity index (χ1n) is 7.53. The molecule has 0 radical (unpaired) electrons. The van der Waals surface area contributed by atoms with Crippen LogP contribution in [0.4, 0.5) is 0 Å². The highest BCUT2D eigenvalue weighted by Gasteiger charge is 2.13. The lowest BCUT2D eigenvalue weighted by molar-refractivity contribution is -0.141. The molecule has 0 heterocycles. The number of methoxy groups -OCH3 is 1. The van der Waals surface area contributed by atoms with Gasteiger partial charge in [0.25, 0.3) is 0 Å². The van der Waals surface area contributed by atoms with Crippen molar-refractivity contribution in [3.05, 3.63) is 69.8 Å². The van der Waals surface area contributed by atoms with E-state index in [9.17, 15) is 9.59 Å². The van der Waals surface area contributed by atoms with Crippen molar-refractivity contribution in [3.63, 3.8) is 0 Å². The van der Waals surface area contributed by atoms with Crippen molar-refractivity contribution >= 4 is 33.9 Å². The molecule has 1 N–H and O–H groups in total. The summed E-state index contributed by atoms with van der Waals surface area (Å²) >= 11 is 3.39. The first kappa shape index (κ1) is 18.7. The molecule has 0 aromatic heterocycles. The van der Waals surface area contributed by atoms with Crippen LogP contribution < -0.4 is 10.1 Å². The molecule has 0 bridgehead atoms. The van der Waals surface area contributed by atoms with E-state index in [1.807, 2.05) is 36.4 Å². The molecule has 1 amide bonds. The van der Waals surface area contributed by atoms with Gasteiger partial charge < -0.3 is 14.8 Å². The summed E-state index contributed by atoms with van der Waals surface area (Å²) in [7, 11) is 1.58. The maximum atomic E-state index is 12.3. The number of benzene rings is 2. The van der Waals surface area contributed by atoms with Crippen LogP contribution in [0.25, 0.3) is 6.08 Å². The van der Waals surface area contributed by atoms with E-state index in [1.54, 1.807) is 25.3 Å². The number of carbonyl (C=O) groups excluding carboxylic acids is 2. The van der Waals surface area contributed by atoms with Crippen molar-refractivity contribution in [1.29, 1.82) is 0 Å². The average molecular weight is 404 g/mol. The van der Waals surface area contributed by atoms with E-state index in [0.29, 0.717) is 5.75 Å². The third kappa shape index (κ3) is 5.76. The van der Waals surface area contributed by atoms with Crippen LogP contribution in [0.15, 0.2) is 58.7 Å². The Bertz CT molecular complexity index is 787. The van der Waals surface area contributed by atoms with E-state index in [4.69, 9.17) is 9.47 Å². The Morgan fingerprint density at radius 2 is 1.88 bits per heavy atom. The van der Waals surface area contributed by atoms with Crippen LogP contribution in [-0.2, 0) is 20.9 Å². The maximum Gasteiger partial charge on any atom is 0.355 e. The Kier molecular flexibility index (Phi) is 6.77. The fourth-order valence-electron chi connectivity index (χ4n) is 2.08. The topological polar surface area (TPSA) is 64.6 Å². The normalized spacial score (nSPS) is 10.9. The number of ether oxygens (including phenoxy) is 2. The SMILES string of the molecule is COc1ccc(COC(=O)/C(=C/c2ccccc2)NC(C)=O)cc1Br. The molecule has 130 valence electrons. The molecule has 2 aromatic rings. The zero-order valence-corrected chi connectivity index (χ0v) is 15.5. The lowest BCUT2D eigenvalue weighted by Crippen LogP contribution is -2.26. The van der Waals surface area contributed by atoms with Crippen molar-refractivity contribution in [3.8, 4) is 5.75 Å². The van der Waals surface area contributed by atoms with E-state index in [-0.39, 0.29) is 18.2 Å². The van der Waals surface area contributed by atoms with Gasteiger partial charge in [0.2, 0.25) is 5.91 Å². The Morgan fingerprint density at radius 1 is 1.16 bits per heavy atom. The highest BCUT2D eigenvalue weighted by Crippen LogP contribution is 2.25. The van der Waals surface area contributed by atoms with Gasteiger partial charge in [0.15, 0.2) is 0 Å². The maximum absolute atomic E-state index is 12.3. The predicted octanol–water partition coefficient (Wildman–Crippen LogP) is 3.68. The van der Waals surface area contributed by atoms with Gasteiger partial charge in [0, 0.05) is 6.92 Å². The molecule has 25 heavy (non-hydrogen) atoms. The number of esters is 1. The standard InChI is InChI=1S/C19H18BrNO4/c1-13(22)21-17(11-14-6-4-3-5-7-14)19(23)25-12-15-8-9-18(24-2)16(20)10-15/h3-11H,12H2,1-2H3,(H,21,22)/b17-11-. The van der Waals surface area contributed by atoms with Gasteiger partial charge in [-0.1, -0.05) is 36.4 Å². The Labute approximate surface area is 154 Å². The molecule has 0 fully saturated rings. The quantitative estimate of drug-likeness (QED) is 0.590. The minimum absolute atomic E-state index is 0.0765. The van der Waals surface area contributed by atoms with Gasteiger partial charge in [-0.05, 0) is 45.3 Å². The molecule has 5 nitrogen and oxygen atoms in total. The third-order valence-electron chi connectivity index (χ3n) is 3.23. The number of nitrogens with one attached hydrogen (secondary N) is 1. The molecule has 6 heteroatoms. The summed E-state index contributed by atoms with van der Waals surface area (Å²) < 4.78 is 11.2. The second kappa shape index (κ2) is 9.03. The van der Waals surface area contributed by atoms with Crippen molar-refractivity contribution in [2.45, 2.75) is 13.5 Å². The van der Waals surface area contributed by atoms with Crippen molar-refractivity contribution in [2.24, 2.45) is 0 Å². The molecule has 0 spiro atoms. The van der Waals surface area contributed by atoms with E-state index < -0.39 is 5.97 Å². The van der Waals surface area contributed by atoms with Gasteiger partial charge in [0.1, 0.15) is 18.1 Å². The molecule has 0 saturated carbocycles. The Morgan fingerprint density at radius 3 is 2.48 bits per heavy atom. The van der Waals surface area contributed by atoms with Crippen LogP contribution >= 0.6 is 15.9 Å². The average Bonchev–Trinajstić information content (AvgIpc) is 2.59. The van der Waals surface area contributed by atoms with Gasteiger partial charge in [0.05, 0.1) is 11.6 Å². The zero-order valence-electron chi connectivity index (χ0n) is 13.9. The Balaban J connectivity index is 2.10. The highest BCUT2D eigenvalue weighted by atomic mass is 79.9. The van der Waals surface area contributed by atoms with Crippen LogP contribution in [-0.4, -0.2) is 19.0 Å².